The molecule has 0 radical (unpaired) electrons. The van der Waals surface area contributed by atoms with Gasteiger partial charge in [0.1, 0.15) is 17.4 Å². The Morgan fingerprint density at radius 1 is 1.00 bits per heavy atom. The molecule has 0 aromatic heterocycles. The fourth-order valence-electron chi connectivity index (χ4n) is 2.05. The molecule has 0 aliphatic heterocycles. The number of hydrogen-bond acceptors (Lipinski definition) is 1. The molecule has 0 saturated heterocycles. The summed E-state index contributed by atoms with van der Waals surface area (Å²) in [7, 11) is 0. The fraction of sp³-hybridized carbons (Fsp3) is 0.294. The van der Waals surface area contributed by atoms with Crippen molar-refractivity contribution < 1.29 is 13.5 Å². The maximum atomic E-state index is 13.6. The van der Waals surface area contributed by atoms with Gasteiger partial charge in [-0.25, -0.2) is 8.78 Å². The third kappa shape index (κ3) is 4.18. The van der Waals surface area contributed by atoms with E-state index < -0.39 is 17.0 Å². The first-order valence-corrected chi connectivity index (χ1v) is 7.24. The summed E-state index contributed by atoms with van der Waals surface area (Å²) in [5, 5.41) is -0.496. The number of ether oxygens (including phenoxy) is 1. The van der Waals surface area contributed by atoms with E-state index in [1.54, 1.807) is 0 Å². The zero-order valence-corrected chi connectivity index (χ0v) is 12.7. The molecule has 2 rings (SSSR count). The molecule has 0 aliphatic rings. The second-order valence-electron chi connectivity index (χ2n) is 5.11. The van der Waals surface area contributed by atoms with Crippen LogP contribution in [0.3, 0.4) is 0 Å². The monoisotopic (exact) mass is 310 g/mol. The molecule has 0 aliphatic carbocycles. The second-order valence-corrected chi connectivity index (χ2v) is 5.63. The molecular formula is C17H17ClF2O. The molecule has 0 saturated carbocycles. The third-order valence-electron chi connectivity index (χ3n) is 3.06. The van der Waals surface area contributed by atoms with Crippen molar-refractivity contribution in [3.8, 4) is 5.75 Å². The Morgan fingerprint density at radius 3 is 2.10 bits per heavy atom. The molecule has 4 heteroatoms. The van der Waals surface area contributed by atoms with E-state index in [-0.39, 0.29) is 18.1 Å². The first-order chi connectivity index (χ1) is 9.97. The van der Waals surface area contributed by atoms with Crippen LogP contribution >= 0.6 is 11.6 Å². The van der Waals surface area contributed by atoms with Gasteiger partial charge < -0.3 is 4.74 Å². The van der Waals surface area contributed by atoms with Crippen LogP contribution in [0.5, 0.6) is 5.75 Å². The van der Waals surface area contributed by atoms with E-state index in [9.17, 15) is 8.78 Å². The van der Waals surface area contributed by atoms with Gasteiger partial charge in [-0.15, -0.1) is 11.6 Å². The minimum atomic E-state index is -0.569. The topological polar surface area (TPSA) is 9.23 Å². The SMILES string of the molecule is CC(C)Oc1ccc(C(Cl)Cc2c(F)cccc2F)cc1. The molecule has 1 nitrogen and oxygen atoms in total. The number of hydrogen-bond donors (Lipinski definition) is 0. The van der Waals surface area contributed by atoms with Crippen molar-refractivity contribution in [3.63, 3.8) is 0 Å². The highest BCUT2D eigenvalue weighted by molar-refractivity contribution is 6.20. The molecule has 2 aromatic carbocycles. The van der Waals surface area contributed by atoms with Crippen molar-refractivity contribution in [2.45, 2.75) is 31.7 Å². The minimum Gasteiger partial charge on any atom is -0.491 e. The summed E-state index contributed by atoms with van der Waals surface area (Å²) in [5.41, 5.74) is 0.815. The third-order valence-corrected chi connectivity index (χ3v) is 3.46. The Hall–Kier alpha value is -1.61. The van der Waals surface area contributed by atoms with Gasteiger partial charge in [0, 0.05) is 5.56 Å². The van der Waals surface area contributed by atoms with E-state index in [0.29, 0.717) is 0 Å². The van der Waals surface area contributed by atoms with Gasteiger partial charge in [-0.2, -0.15) is 0 Å². The molecule has 1 unspecified atom stereocenters. The quantitative estimate of drug-likeness (QED) is 0.683. The lowest BCUT2D eigenvalue weighted by atomic mass is 10.0. The largest absolute Gasteiger partial charge is 0.491 e. The molecule has 0 spiro atoms. The van der Waals surface area contributed by atoms with Crippen LogP contribution in [-0.2, 0) is 6.42 Å². The van der Waals surface area contributed by atoms with Crippen LogP contribution in [0.1, 0.15) is 30.4 Å². The highest BCUT2D eigenvalue weighted by Gasteiger charge is 2.15. The van der Waals surface area contributed by atoms with E-state index in [1.807, 2.05) is 38.1 Å². The normalized spacial score (nSPS) is 12.5. The van der Waals surface area contributed by atoms with Crippen LogP contribution in [0.15, 0.2) is 42.5 Å². The van der Waals surface area contributed by atoms with E-state index in [2.05, 4.69) is 0 Å². The lowest BCUT2D eigenvalue weighted by Gasteiger charge is -2.13. The van der Waals surface area contributed by atoms with Crippen molar-refractivity contribution in [1.82, 2.24) is 0 Å². The Bertz CT molecular complexity index is 576. The van der Waals surface area contributed by atoms with Gasteiger partial charge in [-0.1, -0.05) is 18.2 Å². The highest BCUT2D eigenvalue weighted by Crippen LogP contribution is 2.28. The van der Waals surface area contributed by atoms with E-state index in [4.69, 9.17) is 16.3 Å². The number of halogens is 3. The van der Waals surface area contributed by atoms with E-state index in [1.165, 1.54) is 18.2 Å². The van der Waals surface area contributed by atoms with Gasteiger partial charge in [-0.3, -0.25) is 0 Å². The van der Waals surface area contributed by atoms with Crippen LogP contribution in [-0.4, -0.2) is 6.10 Å². The Kier molecular flexibility index (Phi) is 5.18. The molecule has 2 aromatic rings. The van der Waals surface area contributed by atoms with Crippen LogP contribution in [0.4, 0.5) is 8.78 Å². The predicted molar refractivity (Wildman–Crippen MR) is 80.9 cm³/mol. The minimum absolute atomic E-state index is 0.0139. The number of benzene rings is 2. The van der Waals surface area contributed by atoms with E-state index >= 15 is 0 Å². The molecule has 0 heterocycles. The summed E-state index contributed by atoms with van der Waals surface area (Å²) in [5.74, 6) is -0.393. The lowest BCUT2D eigenvalue weighted by molar-refractivity contribution is 0.242. The van der Waals surface area contributed by atoms with Gasteiger partial charge >= 0.3 is 0 Å². The number of alkyl halides is 1. The molecule has 0 fully saturated rings. The van der Waals surface area contributed by atoms with Crippen molar-refractivity contribution in [1.29, 1.82) is 0 Å². The molecule has 0 N–H and O–H groups in total. The van der Waals surface area contributed by atoms with Crippen LogP contribution in [0.25, 0.3) is 0 Å². The zero-order chi connectivity index (χ0) is 15.4. The average molecular weight is 311 g/mol. The van der Waals surface area contributed by atoms with Crippen molar-refractivity contribution >= 4 is 11.6 Å². The lowest BCUT2D eigenvalue weighted by Crippen LogP contribution is -2.06. The van der Waals surface area contributed by atoms with Crippen molar-refractivity contribution in [3.05, 3.63) is 65.2 Å². The first kappa shape index (κ1) is 15.8. The summed E-state index contributed by atoms with van der Waals surface area (Å²) in [6, 6.07) is 11.1. The number of rotatable bonds is 5. The van der Waals surface area contributed by atoms with Gasteiger partial charge in [0.15, 0.2) is 0 Å². The zero-order valence-electron chi connectivity index (χ0n) is 11.9. The summed E-state index contributed by atoms with van der Waals surface area (Å²) >= 11 is 6.27. The predicted octanol–water partition coefficient (Wildman–Crippen LogP) is 5.27. The van der Waals surface area contributed by atoms with E-state index in [0.717, 1.165) is 11.3 Å². The molecule has 112 valence electrons. The maximum absolute atomic E-state index is 13.6. The summed E-state index contributed by atoms with van der Waals surface area (Å²) < 4.78 is 32.8. The van der Waals surface area contributed by atoms with Crippen molar-refractivity contribution in [2.24, 2.45) is 0 Å². The van der Waals surface area contributed by atoms with Gasteiger partial charge in [0.05, 0.1) is 11.5 Å². The average Bonchev–Trinajstić information content (AvgIpc) is 2.43. The Labute approximate surface area is 128 Å². The second kappa shape index (κ2) is 6.90. The summed E-state index contributed by atoms with van der Waals surface area (Å²) in [6.45, 7) is 3.89. The van der Waals surface area contributed by atoms with Gasteiger partial charge in [-0.05, 0) is 50.1 Å². The van der Waals surface area contributed by atoms with Crippen molar-refractivity contribution in [2.75, 3.05) is 0 Å². The molecule has 0 bridgehead atoms. The standard InChI is InChI=1S/C17H17ClF2O/c1-11(2)21-13-8-6-12(7-9-13)15(18)10-14-16(19)4-3-5-17(14)20/h3-9,11,15H,10H2,1-2H3. The van der Waals surface area contributed by atoms with Crippen LogP contribution < -0.4 is 4.74 Å². The van der Waals surface area contributed by atoms with Gasteiger partial charge in [0.25, 0.3) is 0 Å². The Balaban J connectivity index is 2.11. The smallest absolute Gasteiger partial charge is 0.129 e. The Morgan fingerprint density at radius 2 is 1.57 bits per heavy atom. The molecule has 0 amide bonds. The van der Waals surface area contributed by atoms with Crippen LogP contribution in [0, 0.1) is 11.6 Å². The maximum Gasteiger partial charge on any atom is 0.129 e. The summed E-state index contributed by atoms with van der Waals surface area (Å²) in [6.07, 6.45) is 0.194. The summed E-state index contributed by atoms with van der Waals surface area (Å²) in [4.78, 5) is 0. The fourth-order valence-corrected chi connectivity index (χ4v) is 2.35. The first-order valence-electron chi connectivity index (χ1n) is 6.81. The molecule has 21 heavy (non-hydrogen) atoms. The van der Waals surface area contributed by atoms with Crippen LogP contribution in [0.2, 0.25) is 0 Å². The molecular weight excluding hydrogens is 294 g/mol. The van der Waals surface area contributed by atoms with Gasteiger partial charge in [0.2, 0.25) is 0 Å². The highest BCUT2D eigenvalue weighted by atomic mass is 35.5. The molecule has 1 atom stereocenters.